The van der Waals surface area contributed by atoms with E-state index in [2.05, 4.69) is 37.5 Å². The van der Waals surface area contributed by atoms with E-state index in [1.807, 2.05) is 31.3 Å². The van der Waals surface area contributed by atoms with Crippen LogP contribution in [0.25, 0.3) is 22.2 Å². The lowest BCUT2D eigenvalue weighted by atomic mass is 9.79. The van der Waals surface area contributed by atoms with Crippen molar-refractivity contribution in [3.05, 3.63) is 64.5 Å². The average Bonchev–Trinajstić information content (AvgIpc) is 3.46. The van der Waals surface area contributed by atoms with Crippen molar-refractivity contribution >= 4 is 39.9 Å². The van der Waals surface area contributed by atoms with Crippen molar-refractivity contribution in [2.75, 3.05) is 31.1 Å². The van der Waals surface area contributed by atoms with Crippen molar-refractivity contribution in [1.82, 2.24) is 25.5 Å². The molecule has 0 aliphatic carbocycles. The number of fused-ring (bicyclic) bond motifs is 1. The van der Waals surface area contributed by atoms with E-state index in [0.29, 0.717) is 26.8 Å². The first-order chi connectivity index (χ1) is 16.5. The second-order valence-corrected chi connectivity index (χ2v) is 10.1. The molecule has 1 spiro atoms. The molecule has 9 heteroatoms. The maximum absolute atomic E-state index is 6.30. The van der Waals surface area contributed by atoms with E-state index < -0.39 is 0 Å². The van der Waals surface area contributed by atoms with Crippen molar-refractivity contribution in [1.29, 1.82) is 0 Å². The number of nitrogens with one attached hydrogen (secondary N) is 2. The molecule has 0 radical (unpaired) electrons. The van der Waals surface area contributed by atoms with Gasteiger partial charge < -0.3 is 15.0 Å². The highest BCUT2D eigenvalue weighted by Gasteiger charge is 2.45. The highest BCUT2D eigenvalue weighted by atomic mass is 35.5. The second-order valence-electron chi connectivity index (χ2n) is 9.24. The molecular weight excluding hydrogens is 471 g/mol. The lowest BCUT2D eigenvalue weighted by Crippen LogP contribution is -2.57. The maximum atomic E-state index is 6.30. The van der Waals surface area contributed by atoms with Gasteiger partial charge in [0.1, 0.15) is 23.4 Å². The molecule has 6 rings (SSSR count). The number of aromatic nitrogens is 4. The molecule has 1 aromatic carbocycles. The van der Waals surface area contributed by atoms with Crippen LogP contribution in [0.15, 0.2) is 48.9 Å². The molecule has 5 heterocycles. The van der Waals surface area contributed by atoms with Crippen molar-refractivity contribution in [2.45, 2.75) is 19.4 Å². The van der Waals surface area contributed by atoms with Gasteiger partial charge in [0.2, 0.25) is 0 Å². The van der Waals surface area contributed by atoms with Crippen LogP contribution in [-0.4, -0.2) is 46.3 Å². The Balaban J connectivity index is 1.23. The molecule has 7 nitrogen and oxygen atoms in total. The minimum atomic E-state index is -0.341. The summed E-state index contributed by atoms with van der Waals surface area (Å²) in [6, 6.07) is 10.0. The zero-order valence-corrected chi connectivity index (χ0v) is 20.2. The van der Waals surface area contributed by atoms with Crippen molar-refractivity contribution in [2.24, 2.45) is 5.41 Å². The van der Waals surface area contributed by atoms with E-state index in [4.69, 9.17) is 32.9 Å². The molecule has 2 aliphatic heterocycles. The Kier molecular flexibility index (Phi) is 5.36. The molecule has 2 saturated heterocycles. The Bertz CT molecular complexity index is 1320. The summed E-state index contributed by atoms with van der Waals surface area (Å²) in [5.74, 6) is 1.72. The monoisotopic (exact) mass is 494 g/mol. The third-order valence-corrected chi connectivity index (χ3v) is 7.48. The minimum Gasteiger partial charge on any atom is -0.486 e. The fraction of sp³-hybridized carbons (Fsp3) is 0.320. The number of hydrogen-bond acceptors (Lipinski definition) is 6. The molecule has 0 unspecified atom stereocenters. The quantitative estimate of drug-likeness (QED) is 0.393. The van der Waals surface area contributed by atoms with Crippen LogP contribution >= 0.6 is 23.2 Å². The van der Waals surface area contributed by atoms with Gasteiger partial charge >= 0.3 is 0 Å². The van der Waals surface area contributed by atoms with Gasteiger partial charge in [0.05, 0.1) is 15.6 Å². The Hall–Kier alpha value is -2.87. The largest absolute Gasteiger partial charge is 0.486 e. The first-order valence-electron chi connectivity index (χ1n) is 11.4. The third kappa shape index (κ3) is 3.78. The van der Waals surface area contributed by atoms with Crippen molar-refractivity contribution < 1.29 is 4.74 Å². The van der Waals surface area contributed by atoms with Gasteiger partial charge in [-0.1, -0.05) is 23.2 Å². The standard InChI is InChI=1S/C25H24Cl2N6O/c1-15(23-19(26)10-29-11-20(23)27)34-17-3-4-21-18(8-17)24(32-31-21)16-2-5-22(30-9-16)33-13-25(14-33)6-7-28-12-25/h2-5,8-11,15,28H,6-7,12-14H2,1H3,(H,31,32)/t15-/m1/s1. The van der Waals surface area contributed by atoms with Crippen LogP contribution in [-0.2, 0) is 0 Å². The summed E-state index contributed by atoms with van der Waals surface area (Å²) < 4.78 is 6.18. The predicted octanol–water partition coefficient (Wildman–Crippen LogP) is 5.27. The molecule has 1 atom stereocenters. The molecule has 0 bridgehead atoms. The number of pyridine rings is 2. The van der Waals surface area contributed by atoms with Crippen LogP contribution in [0.3, 0.4) is 0 Å². The second kappa shape index (κ2) is 8.41. The zero-order chi connectivity index (χ0) is 23.3. The Morgan fingerprint density at radius 1 is 1.09 bits per heavy atom. The smallest absolute Gasteiger partial charge is 0.128 e. The van der Waals surface area contributed by atoms with Crippen LogP contribution in [0, 0.1) is 5.41 Å². The molecule has 2 fully saturated rings. The molecular formula is C25H24Cl2N6O. The van der Waals surface area contributed by atoms with E-state index in [1.54, 1.807) is 12.4 Å². The molecule has 174 valence electrons. The predicted molar refractivity (Wildman–Crippen MR) is 135 cm³/mol. The topological polar surface area (TPSA) is 79.0 Å². The van der Waals surface area contributed by atoms with E-state index >= 15 is 0 Å². The Labute approximate surface area is 207 Å². The molecule has 4 aromatic rings. The van der Waals surface area contributed by atoms with Crippen molar-refractivity contribution in [3.8, 4) is 17.0 Å². The van der Waals surface area contributed by atoms with Gasteiger partial charge in [-0.05, 0) is 50.2 Å². The summed E-state index contributed by atoms with van der Waals surface area (Å²) in [6.45, 7) is 6.30. The number of H-pyrrole nitrogens is 1. The van der Waals surface area contributed by atoms with E-state index in [9.17, 15) is 0 Å². The number of anilines is 1. The normalized spacial score (nSPS) is 17.8. The maximum Gasteiger partial charge on any atom is 0.128 e. The lowest BCUT2D eigenvalue weighted by molar-refractivity contribution is 0.227. The minimum absolute atomic E-state index is 0.341. The number of ether oxygens (including phenoxy) is 1. The van der Waals surface area contributed by atoms with Crippen molar-refractivity contribution in [3.63, 3.8) is 0 Å². The first-order valence-corrected chi connectivity index (χ1v) is 12.1. The number of hydrogen-bond donors (Lipinski definition) is 2. The Morgan fingerprint density at radius 3 is 2.62 bits per heavy atom. The highest BCUT2D eigenvalue weighted by molar-refractivity contribution is 6.35. The molecule has 0 amide bonds. The van der Waals surface area contributed by atoms with Gasteiger partial charge in [0.15, 0.2) is 0 Å². The number of nitrogens with zero attached hydrogens (tertiary/aromatic N) is 4. The SMILES string of the molecule is C[C@@H](Oc1ccc2[nH]nc(-c3ccc(N4CC5(CCNC5)C4)nc3)c2c1)c1c(Cl)cncc1Cl. The van der Waals surface area contributed by atoms with E-state index in [1.165, 1.54) is 6.42 Å². The summed E-state index contributed by atoms with van der Waals surface area (Å²) in [5.41, 5.74) is 3.88. The fourth-order valence-corrected chi connectivity index (χ4v) is 5.74. The average molecular weight is 495 g/mol. The molecule has 2 aliphatic rings. The summed E-state index contributed by atoms with van der Waals surface area (Å²) in [5, 5.41) is 13.1. The van der Waals surface area contributed by atoms with Crippen LogP contribution in [0.5, 0.6) is 5.75 Å². The first kappa shape index (κ1) is 21.6. The summed E-state index contributed by atoms with van der Waals surface area (Å²) in [4.78, 5) is 11.1. The molecule has 3 aromatic heterocycles. The van der Waals surface area contributed by atoms with Gasteiger partial charge in [-0.15, -0.1) is 0 Å². The van der Waals surface area contributed by atoms with Crippen LogP contribution in [0.2, 0.25) is 10.0 Å². The summed E-state index contributed by atoms with van der Waals surface area (Å²) in [6.07, 6.45) is 5.95. The van der Waals surface area contributed by atoms with Crippen LogP contribution in [0.1, 0.15) is 25.0 Å². The molecule has 0 saturated carbocycles. The van der Waals surface area contributed by atoms with E-state index in [-0.39, 0.29) is 6.10 Å². The van der Waals surface area contributed by atoms with Gasteiger partial charge in [0.25, 0.3) is 0 Å². The number of rotatable bonds is 5. The lowest BCUT2D eigenvalue weighted by Gasteiger charge is -2.48. The van der Waals surface area contributed by atoms with Crippen LogP contribution in [0.4, 0.5) is 5.82 Å². The molecule has 2 N–H and O–H groups in total. The van der Waals surface area contributed by atoms with E-state index in [0.717, 1.165) is 54.2 Å². The Morgan fingerprint density at radius 2 is 1.91 bits per heavy atom. The summed E-state index contributed by atoms with van der Waals surface area (Å²) in [7, 11) is 0. The third-order valence-electron chi connectivity index (χ3n) is 6.87. The zero-order valence-electron chi connectivity index (χ0n) is 18.7. The number of benzene rings is 1. The highest BCUT2D eigenvalue weighted by Crippen LogP contribution is 2.39. The fourth-order valence-electron chi connectivity index (χ4n) is 5.06. The number of halogens is 2. The van der Waals surface area contributed by atoms with Crippen LogP contribution < -0.4 is 15.0 Å². The number of aromatic amines is 1. The van der Waals surface area contributed by atoms with Gasteiger partial charge in [-0.2, -0.15) is 5.10 Å². The molecule has 34 heavy (non-hydrogen) atoms. The van der Waals surface area contributed by atoms with Gasteiger partial charge in [-0.25, -0.2) is 4.98 Å². The van der Waals surface area contributed by atoms with Gasteiger partial charge in [-0.3, -0.25) is 10.1 Å². The van der Waals surface area contributed by atoms with Gasteiger partial charge in [0, 0.05) is 60.2 Å². The summed E-state index contributed by atoms with van der Waals surface area (Å²) >= 11 is 12.6.